The van der Waals surface area contributed by atoms with Crippen LogP contribution in [0, 0.1) is 5.92 Å². The second-order valence-corrected chi connectivity index (χ2v) is 11.2. The molecule has 0 unspecified atom stereocenters. The van der Waals surface area contributed by atoms with Crippen molar-refractivity contribution in [2.24, 2.45) is 5.92 Å². The molecule has 188 valence electrons. The minimum atomic E-state index is -0.730. The molecule has 1 aliphatic carbocycles. The fourth-order valence-corrected chi connectivity index (χ4v) is 5.99. The molecule has 0 radical (unpaired) electrons. The molecule has 3 fully saturated rings. The predicted octanol–water partition coefficient (Wildman–Crippen LogP) is 3.32. The first kappa shape index (κ1) is 23.1. The van der Waals surface area contributed by atoms with E-state index in [1.165, 1.54) is 0 Å². The molecular formula is C29H33N3O4. The van der Waals surface area contributed by atoms with E-state index in [2.05, 4.69) is 17.0 Å². The average molecular weight is 488 g/mol. The van der Waals surface area contributed by atoms with Crippen LogP contribution in [0.25, 0.3) is 0 Å². The fourth-order valence-electron chi connectivity index (χ4n) is 5.99. The van der Waals surface area contributed by atoms with Crippen LogP contribution in [-0.2, 0) is 25.3 Å². The number of carbonyl (C=O) groups is 3. The number of rotatable bonds is 4. The van der Waals surface area contributed by atoms with Gasteiger partial charge >= 0.3 is 5.97 Å². The second kappa shape index (κ2) is 8.36. The number of nitrogens with zero attached hydrogens (tertiary/aromatic N) is 3. The third kappa shape index (κ3) is 3.76. The van der Waals surface area contributed by atoms with Gasteiger partial charge in [0.25, 0.3) is 0 Å². The van der Waals surface area contributed by atoms with Crippen LogP contribution in [0.3, 0.4) is 0 Å². The Morgan fingerprint density at radius 3 is 2.31 bits per heavy atom. The topological polar surface area (TPSA) is 70.2 Å². The van der Waals surface area contributed by atoms with E-state index < -0.39 is 11.0 Å². The minimum Gasteiger partial charge on any atom is -0.449 e. The maximum atomic E-state index is 13.7. The van der Waals surface area contributed by atoms with Crippen molar-refractivity contribution < 1.29 is 19.1 Å². The molecule has 3 heterocycles. The molecule has 2 amide bonds. The van der Waals surface area contributed by atoms with Gasteiger partial charge in [-0.05, 0) is 50.5 Å². The Labute approximate surface area is 212 Å². The molecule has 2 aromatic carbocycles. The van der Waals surface area contributed by atoms with Gasteiger partial charge in [-0.25, -0.2) is 4.79 Å². The summed E-state index contributed by atoms with van der Waals surface area (Å²) in [6, 6.07) is 15.8. The zero-order chi connectivity index (χ0) is 25.1. The highest BCUT2D eigenvalue weighted by Gasteiger charge is 2.52. The summed E-state index contributed by atoms with van der Waals surface area (Å²) in [5.74, 6) is 0.341. The fraction of sp³-hybridized carbons (Fsp3) is 0.483. The summed E-state index contributed by atoms with van der Waals surface area (Å²) in [5.41, 5.74) is 2.15. The van der Waals surface area contributed by atoms with Crippen LogP contribution in [-0.4, -0.2) is 66.9 Å². The van der Waals surface area contributed by atoms with E-state index in [0.717, 1.165) is 55.8 Å². The van der Waals surface area contributed by atoms with Crippen LogP contribution in [0.4, 0.5) is 5.69 Å². The highest BCUT2D eigenvalue weighted by atomic mass is 16.6. The summed E-state index contributed by atoms with van der Waals surface area (Å²) in [7, 11) is 0. The quantitative estimate of drug-likeness (QED) is 0.619. The van der Waals surface area contributed by atoms with E-state index in [0.29, 0.717) is 31.0 Å². The van der Waals surface area contributed by atoms with E-state index in [4.69, 9.17) is 4.74 Å². The van der Waals surface area contributed by atoms with Gasteiger partial charge in [-0.2, -0.15) is 0 Å². The van der Waals surface area contributed by atoms with Crippen LogP contribution in [0.2, 0.25) is 0 Å². The summed E-state index contributed by atoms with van der Waals surface area (Å²) in [5, 5.41) is 0. The van der Waals surface area contributed by atoms with E-state index in [-0.39, 0.29) is 17.8 Å². The van der Waals surface area contributed by atoms with Crippen molar-refractivity contribution in [1.29, 1.82) is 0 Å². The molecule has 0 N–H and O–H groups in total. The van der Waals surface area contributed by atoms with Crippen LogP contribution < -0.4 is 4.90 Å². The van der Waals surface area contributed by atoms with Crippen molar-refractivity contribution in [3.05, 3.63) is 65.2 Å². The van der Waals surface area contributed by atoms with Crippen molar-refractivity contribution >= 4 is 23.5 Å². The Bertz CT molecular complexity index is 1210. The summed E-state index contributed by atoms with van der Waals surface area (Å²) in [6.07, 6.45) is 2.71. The third-order valence-electron chi connectivity index (χ3n) is 8.45. The first-order chi connectivity index (χ1) is 17.3. The molecule has 0 bridgehead atoms. The number of piperazine rings is 1. The van der Waals surface area contributed by atoms with Gasteiger partial charge in [0.1, 0.15) is 0 Å². The van der Waals surface area contributed by atoms with Crippen LogP contribution >= 0.6 is 0 Å². The Morgan fingerprint density at radius 2 is 1.61 bits per heavy atom. The normalized spacial score (nSPS) is 23.7. The highest BCUT2D eigenvalue weighted by molar-refractivity contribution is 5.95. The molecule has 0 aromatic heterocycles. The first-order valence-corrected chi connectivity index (χ1v) is 13.0. The molecule has 1 atom stereocenters. The van der Waals surface area contributed by atoms with Crippen molar-refractivity contribution in [2.45, 2.75) is 44.1 Å². The van der Waals surface area contributed by atoms with E-state index in [1.807, 2.05) is 54.0 Å². The number of benzene rings is 2. The molecule has 2 saturated heterocycles. The Kier molecular flexibility index (Phi) is 5.36. The standard InChI is InChI=1S/C29H33N3O4/c1-28(2,27(35)32-14-13-29(19-32)24-6-4-3-5-23(24)26(34)36-29)21-9-11-22(12-10-21)30-15-17-31(18-16-30)25(33)20-7-8-20/h3-6,9-12,20H,7-8,13-19H2,1-2H3/t29-/m0/s1. The van der Waals surface area contributed by atoms with Gasteiger partial charge in [0, 0.05) is 56.3 Å². The van der Waals surface area contributed by atoms with Gasteiger partial charge in [0.05, 0.1) is 17.5 Å². The lowest BCUT2D eigenvalue weighted by molar-refractivity contribution is -0.136. The maximum absolute atomic E-state index is 13.7. The SMILES string of the molecule is CC(C)(C(=O)N1CC[C@@]2(C1)OC(=O)c1ccccc12)c1ccc(N2CCN(C(=O)C3CC3)CC2)cc1. The maximum Gasteiger partial charge on any atom is 0.339 e. The van der Waals surface area contributed by atoms with E-state index >= 15 is 0 Å². The lowest BCUT2D eigenvalue weighted by Crippen LogP contribution is -2.49. The molecule has 1 spiro atoms. The van der Waals surface area contributed by atoms with E-state index in [1.54, 1.807) is 6.07 Å². The molecular weight excluding hydrogens is 454 g/mol. The summed E-state index contributed by atoms with van der Waals surface area (Å²) >= 11 is 0. The van der Waals surface area contributed by atoms with Crippen LogP contribution in [0.5, 0.6) is 0 Å². The molecule has 1 saturated carbocycles. The smallest absolute Gasteiger partial charge is 0.339 e. The van der Waals surface area contributed by atoms with Crippen LogP contribution in [0.1, 0.15) is 54.6 Å². The van der Waals surface area contributed by atoms with Crippen molar-refractivity contribution in [1.82, 2.24) is 9.80 Å². The summed E-state index contributed by atoms with van der Waals surface area (Å²) in [4.78, 5) is 44.6. The molecule has 2 aromatic rings. The molecule has 7 heteroatoms. The zero-order valence-corrected chi connectivity index (χ0v) is 21.0. The van der Waals surface area contributed by atoms with E-state index in [9.17, 15) is 14.4 Å². The number of hydrogen-bond acceptors (Lipinski definition) is 5. The first-order valence-electron chi connectivity index (χ1n) is 13.0. The number of likely N-dealkylation sites (tertiary alicyclic amines) is 1. The van der Waals surface area contributed by atoms with Gasteiger partial charge in [-0.15, -0.1) is 0 Å². The lowest BCUT2D eigenvalue weighted by Gasteiger charge is -2.36. The molecule has 36 heavy (non-hydrogen) atoms. The molecule has 7 nitrogen and oxygen atoms in total. The molecule has 4 aliphatic rings. The number of fused-ring (bicyclic) bond motifs is 2. The molecule has 3 aliphatic heterocycles. The minimum absolute atomic E-state index is 0.0414. The summed E-state index contributed by atoms with van der Waals surface area (Å²) < 4.78 is 5.84. The summed E-state index contributed by atoms with van der Waals surface area (Å²) in [6.45, 7) is 8.08. The number of carbonyl (C=O) groups excluding carboxylic acids is 3. The third-order valence-corrected chi connectivity index (χ3v) is 8.45. The lowest BCUT2D eigenvalue weighted by atomic mass is 9.83. The van der Waals surface area contributed by atoms with Gasteiger partial charge < -0.3 is 19.4 Å². The Hall–Kier alpha value is -3.35. The Morgan fingerprint density at radius 1 is 0.917 bits per heavy atom. The largest absolute Gasteiger partial charge is 0.449 e. The Balaban J connectivity index is 1.12. The van der Waals surface area contributed by atoms with Gasteiger partial charge in [-0.1, -0.05) is 30.3 Å². The number of esters is 1. The zero-order valence-electron chi connectivity index (χ0n) is 21.0. The van der Waals surface area contributed by atoms with Crippen molar-refractivity contribution in [3.8, 4) is 0 Å². The van der Waals surface area contributed by atoms with Gasteiger partial charge in [0.2, 0.25) is 11.8 Å². The van der Waals surface area contributed by atoms with Crippen molar-refractivity contribution in [3.63, 3.8) is 0 Å². The number of ether oxygens (including phenoxy) is 1. The van der Waals surface area contributed by atoms with Crippen LogP contribution in [0.15, 0.2) is 48.5 Å². The van der Waals surface area contributed by atoms with Gasteiger partial charge in [0.15, 0.2) is 5.60 Å². The second-order valence-electron chi connectivity index (χ2n) is 11.2. The highest BCUT2D eigenvalue weighted by Crippen LogP contribution is 2.44. The monoisotopic (exact) mass is 487 g/mol. The average Bonchev–Trinajstić information content (AvgIpc) is 3.62. The van der Waals surface area contributed by atoms with Crippen molar-refractivity contribution in [2.75, 3.05) is 44.2 Å². The number of amides is 2. The number of anilines is 1. The number of hydrogen-bond donors (Lipinski definition) is 0. The molecule has 6 rings (SSSR count). The predicted molar refractivity (Wildman–Crippen MR) is 136 cm³/mol. The van der Waals surface area contributed by atoms with Gasteiger partial charge in [-0.3, -0.25) is 9.59 Å².